The largest absolute Gasteiger partial charge is 0.411 e. The predicted octanol–water partition coefficient (Wildman–Crippen LogP) is 0.838. The van der Waals surface area contributed by atoms with Crippen LogP contribution in [0.1, 0.15) is 19.3 Å². The molecule has 0 spiro atoms. The Morgan fingerprint density at radius 2 is 1.76 bits per heavy atom. The molecule has 0 aromatic heterocycles. The van der Waals surface area contributed by atoms with Gasteiger partial charge in [-0.15, -0.1) is 0 Å². The molecule has 1 heterocycles. The first-order valence-electron chi connectivity index (χ1n) is 7.27. The van der Waals surface area contributed by atoms with Gasteiger partial charge in [-0.2, -0.15) is 13.2 Å². The predicted molar refractivity (Wildman–Crippen MR) is 72.8 cm³/mol. The summed E-state index contributed by atoms with van der Waals surface area (Å²) >= 11 is 0. The van der Waals surface area contributed by atoms with Crippen LogP contribution in [0, 0.1) is 0 Å². The molecule has 1 aliphatic heterocycles. The summed E-state index contributed by atoms with van der Waals surface area (Å²) in [6.07, 6.45) is -1.18. The van der Waals surface area contributed by atoms with Crippen molar-refractivity contribution in [3.8, 4) is 0 Å². The molecule has 2 N–H and O–H groups in total. The van der Waals surface area contributed by atoms with Crippen molar-refractivity contribution in [1.82, 2.24) is 9.80 Å². The maximum Gasteiger partial charge on any atom is 0.411 e. The van der Waals surface area contributed by atoms with Crippen LogP contribution in [0.25, 0.3) is 0 Å². The summed E-state index contributed by atoms with van der Waals surface area (Å²) in [4.78, 5) is 15.5. The van der Waals surface area contributed by atoms with E-state index in [2.05, 4.69) is 9.64 Å². The first-order chi connectivity index (χ1) is 9.92. The van der Waals surface area contributed by atoms with Crippen LogP contribution in [-0.2, 0) is 9.53 Å². The molecule has 0 aromatic carbocycles. The summed E-state index contributed by atoms with van der Waals surface area (Å²) in [7, 11) is 0. The molecule has 0 saturated carbocycles. The van der Waals surface area contributed by atoms with E-state index in [4.69, 9.17) is 5.73 Å². The smallest absolute Gasteiger partial charge is 0.362 e. The number of rotatable bonds is 8. The van der Waals surface area contributed by atoms with E-state index in [0.717, 1.165) is 38.9 Å². The molecular weight excluding hydrogens is 287 g/mol. The van der Waals surface area contributed by atoms with Crippen LogP contribution in [0.2, 0.25) is 0 Å². The highest BCUT2D eigenvalue weighted by Gasteiger charge is 2.28. The van der Waals surface area contributed by atoms with Gasteiger partial charge in [0.05, 0.1) is 0 Å². The Bertz CT molecular complexity index is 306. The number of amides is 1. The molecular formula is C13H24F3N3O2. The molecule has 1 saturated heterocycles. The van der Waals surface area contributed by atoms with E-state index >= 15 is 0 Å². The second kappa shape index (κ2) is 9.22. The Morgan fingerprint density at radius 1 is 1.10 bits per heavy atom. The third kappa shape index (κ3) is 8.23. The van der Waals surface area contributed by atoms with Crippen molar-refractivity contribution >= 4 is 5.91 Å². The van der Waals surface area contributed by atoms with E-state index < -0.39 is 19.4 Å². The number of piperazine rings is 1. The number of nitrogens with two attached hydrogens (primary N) is 1. The Kier molecular flexibility index (Phi) is 7.98. The van der Waals surface area contributed by atoms with Gasteiger partial charge in [-0.1, -0.05) is 6.42 Å². The third-order valence-corrected chi connectivity index (χ3v) is 3.39. The molecule has 8 heteroatoms. The van der Waals surface area contributed by atoms with Crippen LogP contribution < -0.4 is 5.73 Å². The second-order valence-electron chi connectivity index (χ2n) is 5.18. The minimum absolute atomic E-state index is 0.373. The molecule has 0 bridgehead atoms. The van der Waals surface area contributed by atoms with Crippen LogP contribution in [0.15, 0.2) is 0 Å². The summed E-state index contributed by atoms with van der Waals surface area (Å²) in [6, 6.07) is 0. The highest BCUT2D eigenvalue weighted by Crippen LogP contribution is 2.14. The van der Waals surface area contributed by atoms with Gasteiger partial charge >= 0.3 is 6.18 Å². The number of nitrogens with zero attached hydrogens (tertiary/aromatic N) is 2. The van der Waals surface area contributed by atoms with E-state index in [1.165, 1.54) is 0 Å². The van der Waals surface area contributed by atoms with Crippen molar-refractivity contribution in [2.45, 2.75) is 25.4 Å². The fourth-order valence-electron chi connectivity index (χ4n) is 2.22. The molecule has 1 rings (SSSR count). The SMILES string of the molecule is NCCCCCN1CCN(C(=O)COCC(F)(F)F)CC1. The lowest BCUT2D eigenvalue weighted by molar-refractivity contribution is -0.178. The fraction of sp³-hybridized carbons (Fsp3) is 0.923. The standard InChI is InChI=1S/C13H24F3N3O2/c14-13(15,16)11-21-10-12(20)19-8-6-18(7-9-19)5-3-1-2-4-17/h1-11,17H2. The maximum atomic E-state index is 11.9. The zero-order valence-corrected chi connectivity index (χ0v) is 12.2. The van der Waals surface area contributed by atoms with Gasteiger partial charge in [-0.05, 0) is 25.9 Å². The lowest BCUT2D eigenvalue weighted by Gasteiger charge is -2.34. The van der Waals surface area contributed by atoms with Gasteiger partial charge in [-0.25, -0.2) is 0 Å². The van der Waals surface area contributed by atoms with Crippen molar-refractivity contribution in [2.24, 2.45) is 5.73 Å². The summed E-state index contributed by atoms with van der Waals surface area (Å²) in [5.74, 6) is -0.373. The Morgan fingerprint density at radius 3 is 2.33 bits per heavy atom. The number of carbonyl (C=O) groups is 1. The summed E-state index contributed by atoms with van der Waals surface area (Å²) in [6.45, 7) is 2.42. The number of unbranched alkanes of at least 4 members (excludes halogenated alkanes) is 2. The molecule has 5 nitrogen and oxygen atoms in total. The van der Waals surface area contributed by atoms with Gasteiger partial charge in [-0.3, -0.25) is 9.69 Å². The van der Waals surface area contributed by atoms with Gasteiger partial charge < -0.3 is 15.4 Å². The number of ether oxygens (including phenoxy) is 1. The molecule has 1 fully saturated rings. The lowest BCUT2D eigenvalue weighted by Crippen LogP contribution is -2.49. The zero-order chi connectivity index (χ0) is 15.7. The molecule has 0 unspecified atom stereocenters. The molecule has 1 aliphatic rings. The summed E-state index contributed by atoms with van der Waals surface area (Å²) in [5, 5.41) is 0. The fourth-order valence-corrected chi connectivity index (χ4v) is 2.22. The number of carbonyl (C=O) groups excluding carboxylic acids is 1. The Labute approximate surface area is 123 Å². The van der Waals surface area contributed by atoms with E-state index in [1.54, 1.807) is 4.90 Å². The zero-order valence-electron chi connectivity index (χ0n) is 12.2. The number of hydrogen-bond donors (Lipinski definition) is 1. The first-order valence-corrected chi connectivity index (χ1v) is 7.27. The highest BCUT2D eigenvalue weighted by atomic mass is 19.4. The van der Waals surface area contributed by atoms with Crippen molar-refractivity contribution in [2.75, 3.05) is 52.5 Å². The van der Waals surface area contributed by atoms with Crippen LogP contribution in [0.4, 0.5) is 13.2 Å². The number of halogens is 3. The van der Waals surface area contributed by atoms with Crippen molar-refractivity contribution in [3.05, 3.63) is 0 Å². The molecule has 1 amide bonds. The first kappa shape index (κ1) is 18.2. The maximum absolute atomic E-state index is 11.9. The molecule has 21 heavy (non-hydrogen) atoms. The van der Waals surface area contributed by atoms with Gasteiger partial charge in [0.1, 0.15) is 13.2 Å². The minimum Gasteiger partial charge on any atom is -0.362 e. The quantitative estimate of drug-likeness (QED) is 0.675. The van der Waals surface area contributed by atoms with Crippen molar-refractivity contribution in [1.29, 1.82) is 0 Å². The summed E-state index contributed by atoms with van der Waals surface area (Å²) in [5.41, 5.74) is 5.43. The van der Waals surface area contributed by atoms with E-state index in [0.29, 0.717) is 19.6 Å². The number of alkyl halides is 3. The lowest BCUT2D eigenvalue weighted by atomic mass is 10.2. The molecule has 124 valence electrons. The van der Waals surface area contributed by atoms with Gasteiger partial charge in [0.2, 0.25) is 5.91 Å². The minimum atomic E-state index is -4.39. The topological polar surface area (TPSA) is 58.8 Å². The molecule has 0 aromatic rings. The Balaban J connectivity index is 2.13. The second-order valence-corrected chi connectivity index (χ2v) is 5.18. The van der Waals surface area contributed by atoms with E-state index in [-0.39, 0.29) is 5.91 Å². The highest BCUT2D eigenvalue weighted by molar-refractivity contribution is 5.77. The van der Waals surface area contributed by atoms with Gasteiger partial charge in [0, 0.05) is 26.2 Å². The number of hydrogen-bond acceptors (Lipinski definition) is 4. The summed E-state index contributed by atoms with van der Waals surface area (Å²) < 4.78 is 40.1. The molecule has 0 aliphatic carbocycles. The normalized spacial score (nSPS) is 17.2. The van der Waals surface area contributed by atoms with Crippen LogP contribution in [-0.4, -0.2) is 74.4 Å². The average Bonchev–Trinajstić information content (AvgIpc) is 2.43. The van der Waals surface area contributed by atoms with Crippen LogP contribution in [0.3, 0.4) is 0 Å². The van der Waals surface area contributed by atoms with Crippen LogP contribution in [0.5, 0.6) is 0 Å². The van der Waals surface area contributed by atoms with Crippen LogP contribution >= 0.6 is 0 Å². The Hall–Kier alpha value is -0.860. The molecule has 0 radical (unpaired) electrons. The van der Waals surface area contributed by atoms with E-state index in [1.807, 2.05) is 0 Å². The van der Waals surface area contributed by atoms with Crippen molar-refractivity contribution in [3.63, 3.8) is 0 Å². The van der Waals surface area contributed by atoms with Gasteiger partial charge in [0.15, 0.2) is 0 Å². The monoisotopic (exact) mass is 311 g/mol. The average molecular weight is 311 g/mol. The molecule has 0 atom stereocenters. The third-order valence-electron chi connectivity index (χ3n) is 3.39. The van der Waals surface area contributed by atoms with Gasteiger partial charge in [0.25, 0.3) is 0 Å². The van der Waals surface area contributed by atoms with E-state index in [9.17, 15) is 18.0 Å². The van der Waals surface area contributed by atoms with Crippen molar-refractivity contribution < 1.29 is 22.7 Å².